The summed E-state index contributed by atoms with van der Waals surface area (Å²) in [6, 6.07) is 15.7. The average molecular weight is 774 g/mol. The molecule has 2 aliphatic rings. The number of hydrogen-bond donors (Lipinski definition) is 2. The molecule has 0 spiro atoms. The van der Waals surface area contributed by atoms with Crippen LogP contribution in [0, 0.1) is 0 Å². The molecule has 0 radical (unpaired) electrons. The third kappa shape index (κ3) is 9.05. The first kappa shape index (κ1) is 38.0. The predicted molar refractivity (Wildman–Crippen MR) is 199 cm³/mol. The van der Waals surface area contributed by atoms with Crippen molar-refractivity contribution >= 4 is 55.7 Å². The van der Waals surface area contributed by atoms with Crippen LogP contribution in [0.1, 0.15) is 64.9 Å². The maximum absolute atomic E-state index is 16.6. The van der Waals surface area contributed by atoms with Gasteiger partial charge in [0.2, 0.25) is 15.9 Å². The number of hydrogen-bond acceptors (Lipinski definition) is 7. The van der Waals surface area contributed by atoms with Crippen molar-refractivity contribution in [1.29, 1.82) is 0 Å². The first-order chi connectivity index (χ1) is 24.6. The van der Waals surface area contributed by atoms with Gasteiger partial charge in [-0.1, -0.05) is 48.0 Å². The quantitative estimate of drug-likeness (QED) is 0.167. The number of halogens is 3. The average Bonchev–Trinajstić information content (AvgIpc) is 3.78. The molecule has 9 nitrogen and oxygen atoms in total. The third-order valence-corrected chi connectivity index (χ3v) is 11.9. The number of alkyl carbamates (subject to hydrolysis) is 1. The maximum Gasteiger partial charge on any atom is 0.407 e. The fourth-order valence-corrected chi connectivity index (χ4v) is 8.81. The molecule has 14 heteroatoms. The van der Waals surface area contributed by atoms with Gasteiger partial charge < -0.3 is 19.7 Å². The number of piperidine rings is 1. The Morgan fingerprint density at radius 2 is 1.56 bits per heavy atom. The van der Waals surface area contributed by atoms with Gasteiger partial charge in [0.25, 0.3) is 5.92 Å². The van der Waals surface area contributed by atoms with Crippen LogP contribution in [0.25, 0.3) is 21.2 Å². The molecular formula is C38H42ClF2N3O6S2. The summed E-state index contributed by atoms with van der Waals surface area (Å²) < 4.78 is 75.0. The fraction of sp³-hybridized carbons (Fsp3) is 0.421. The van der Waals surface area contributed by atoms with Crippen LogP contribution >= 0.6 is 22.9 Å². The summed E-state index contributed by atoms with van der Waals surface area (Å²) in [5, 5.41) is 4.06. The van der Waals surface area contributed by atoms with Crippen molar-refractivity contribution in [2.24, 2.45) is 0 Å². The van der Waals surface area contributed by atoms with Crippen LogP contribution < -0.4 is 14.8 Å². The van der Waals surface area contributed by atoms with E-state index >= 15 is 8.78 Å². The highest BCUT2D eigenvalue weighted by Gasteiger charge is 2.50. The van der Waals surface area contributed by atoms with Crippen LogP contribution in [0.2, 0.25) is 4.34 Å². The molecule has 1 aliphatic carbocycles. The number of fused-ring (bicyclic) bond motifs is 1. The minimum atomic E-state index is -4.64. The Bertz CT molecular complexity index is 2020. The van der Waals surface area contributed by atoms with Crippen LogP contribution in [0.3, 0.4) is 0 Å². The summed E-state index contributed by atoms with van der Waals surface area (Å²) >= 11 is 7.35. The van der Waals surface area contributed by atoms with E-state index < -0.39 is 45.2 Å². The lowest BCUT2D eigenvalue weighted by molar-refractivity contribution is -0.145. The monoisotopic (exact) mass is 773 g/mol. The normalized spacial score (nSPS) is 16.9. The molecule has 1 saturated carbocycles. The molecule has 2 heterocycles. The summed E-state index contributed by atoms with van der Waals surface area (Å²) in [6.07, 6.45) is 4.28. The van der Waals surface area contributed by atoms with Gasteiger partial charge in [0.05, 0.1) is 15.3 Å². The number of nitrogens with one attached hydrogen (secondary N) is 2. The number of amides is 2. The van der Waals surface area contributed by atoms with Crippen molar-refractivity contribution < 1.29 is 36.3 Å². The highest BCUT2D eigenvalue weighted by Crippen LogP contribution is 2.37. The van der Waals surface area contributed by atoms with E-state index in [2.05, 4.69) is 10.0 Å². The molecule has 1 saturated heterocycles. The summed E-state index contributed by atoms with van der Waals surface area (Å²) in [5.74, 6) is -4.35. The predicted octanol–water partition coefficient (Wildman–Crippen LogP) is 8.50. The number of carbonyl (C=O) groups is 2. The first-order valence-corrected chi connectivity index (χ1v) is 20.0. The van der Waals surface area contributed by atoms with E-state index in [1.807, 2.05) is 6.07 Å². The molecule has 1 aliphatic heterocycles. The highest BCUT2D eigenvalue weighted by atomic mass is 35.5. The van der Waals surface area contributed by atoms with Crippen molar-refractivity contribution in [1.82, 2.24) is 14.9 Å². The molecule has 52 heavy (non-hydrogen) atoms. The van der Waals surface area contributed by atoms with Gasteiger partial charge in [-0.25, -0.2) is 13.2 Å². The molecule has 278 valence electrons. The molecule has 0 bridgehead atoms. The van der Waals surface area contributed by atoms with E-state index in [1.165, 1.54) is 52.6 Å². The van der Waals surface area contributed by atoms with Gasteiger partial charge in [0.15, 0.2) is 6.04 Å². The number of nitrogens with zero attached hydrogens (tertiary/aromatic N) is 1. The van der Waals surface area contributed by atoms with E-state index in [-0.39, 0.29) is 43.0 Å². The van der Waals surface area contributed by atoms with Crippen LogP contribution in [0.15, 0.2) is 77.7 Å². The van der Waals surface area contributed by atoms with Gasteiger partial charge >= 0.3 is 6.09 Å². The number of rotatable bonds is 10. The zero-order chi connectivity index (χ0) is 37.3. The van der Waals surface area contributed by atoms with Gasteiger partial charge in [-0.3, -0.25) is 4.79 Å². The van der Waals surface area contributed by atoms with Crippen molar-refractivity contribution in [2.45, 2.75) is 93.9 Å². The van der Waals surface area contributed by atoms with Gasteiger partial charge in [0.1, 0.15) is 11.4 Å². The topological polar surface area (TPSA) is 114 Å². The van der Waals surface area contributed by atoms with Crippen molar-refractivity contribution in [3.8, 4) is 16.2 Å². The summed E-state index contributed by atoms with van der Waals surface area (Å²) in [6.45, 7) is 5.25. The minimum Gasteiger partial charge on any atom is -0.490 e. The highest BCUT2D eigenvalue weighted by molar-refractivity contribution is 7.89. The first-order valence-electron chi connectivity index (χ1n) is 17.3. The van der Waals surface area contributed by atoms with E-state index in [9.17, 15) is 18.0 Å². The summed E-state index contributed by atoms with van der Waals surface area (Å²) in [7, 11) is -4.64. The minimum absolute atomic E-state index is 0.0208. The molecular weight excluding hydrogens is 732 g/mol. The van der Waals surface area contributed by atoms with E-state index in [0.717, 1.165) is 35.9 Å². The Morgan fingerprint density at radius 1 is 0.904 bits per heavy atom. The SMILES string of the molecule is CC(C)(C)OC(=O)NC1CCN(C(=O)C(NS(=O)(=O)c2ccc3cc(OC4CCCC4)ccc3c2)C(F)(F)c2ccc(-c3ccc(Cl)s3)cc2)CC1. The van der Waals surface area contributed by atoms with Gasteiger partial charge in [-0.2, -0.15) is 13.5 Å². The molecule has 6 rings (SSSR count). The lowest BCUT2D eigenvalue weighted by Gasteiger charge is -2.36. The van der Waals surface area contributed by atoms with Crippen molar-refractivity contribution in [2.75, 3.05) is 13.1 Å². The molecule has 4 aromatic rings. The Balaban J connectivity index is 1.24. The van der Waals surface area contributed by atoms with Crippen LogP contribution in [0.5, 0.6) is 5.75 Å². The van der Waals surface area contributed by atoms with E-state index in [1.54, 1.807) is 51.1 Å². The number of thiophene rings is 1. The number of likely N-dealkylation sites (tertiary alicyclic amines) is 1. The second kappa shape index (κ2) is 15.3. The smallest absolute Gasteiger partial charge is 0.407 e. The fourth-order valence-electron chi connectivity index (χ4n) is 6.54. The lowest BCUT2D eigenvalue weighted by Crippen LogP contribution is -2.58. The number of ether oxygens (including phenoxy) is 2. The van der Waals surface area contributed by atoms with Gasteiger partial charge in [-0.05, 0) is 112 Å². The Labute approximate surface area is 311 Å². The summed E-state index contributed by atoms with van der Waals surface area (Å²) in [4.78, 5) is 28.0. The zero-order valence-electron chi connectivity index (χ0n) is 29.2. The van der Waals surface area contributed by atoms with Gasteiger partial charge in [-0.15, -0.1) is 11.3 Å². The van der Waals surface area contributed by atoms with Crippen molar-refractivity contribution in [3.63, 3.8) is 0 Å². The number of carbonyl (C=O) groups excluding carboxylic acids is 2. The molecule has 2 amide bonds. The van der Waals surface area contributed by atoms with Crippen LogP contribution in [-0.4, -0.2) is 62.2 Å². The second-order valence-electron chi connectivity index (χ2n) is 14.3. The standard InChI is InChI=1S/C38H42ClF2N3O6S2/c1-37(2,3)50-36(46)42-28-18-20-44(21-19-28)35(45)34(38(40,41)27-12-8-24(9-13-27)32-16-17-33(39)51-32)43-52(47,48)31-15-11-25-22-30(14-10-26(25)23-31)49-29-6-4-5-7-29/h8-17,22-23,28-29,34,43H,4-7,18-21H2,1-3H3,(H,42,46). The zero-order valence-corrected chi connectivity index (χ0v) is 31.6. The van der Waals surface area contributed by atoms with E-state index in [0.29, 0.717) is 21.0 Å². The second-order valence-corrected chi connectivity index (χ2v) is 17.7. The Morgan fingerprint density at radius 3 is 2.19 bits per heavy atom. The van der Waals surface area contributed by atoms with Crippen molar-refractivity contribution in [3.05, 3.63) is 82.7 Å². The largest absolute Gasteiger partial charge is 0.490 e. The molecule has 1 unspecified atom stereocenters. The molecule has 2 N–H and O–H groups in total. The van der Waals surface area contributed by atoms with E-state index in [4.69, 9.17) is 21.1 Å². The maximum atomic E-state index is 16.6. The van der Waals surface area contributed by atoms with Crippen LogP contribution in [0.4, 0.5) is 13.6 Å². The number of benzene rings is 3. The number of sulfonamides is 1. The number of alkyl halides is 2. The third-order valence-electron chi connectivity index (χ3n) is 9.24. The lowest BCUT2D eigenvalue weighted by atomic mass is 9.97. The molecule has 1 atom stereocenters. The van der Waals surface area contributed by atoms with Crippen LogP contribution in [-0.2, 0) is 25.5 Å². The van der Waals surface area contributed by atoms with Gasteiger partial charge in [0, 0.05) is 29.6 Å². The Hall–Kier alpha value is -3.78. The summed E-state index contributed by atoms with van der Waals surface area (Å²) in [5.41, 5.74) is -0.592. The Kier molecular flexibility index (Phi) is 11.2. The molecule has 1 aromatic heterocycles. The molecule has 3 aromatic carbocycles. The molecule has 2 fully saturated rings.